The van der Waals surface area contributed by atoms with Crippen molar-refractivity contribution in [2.75, 3.05) is 34.0 Å². The van der Waals surface area contributed by atoms with Gasteiger partial charge in [0.25, 0.3) is 0 Å². The van der Waals surface area contributed by atoms with Gasteiger partial charge in [-0.3, -0.25) is 9.59 Å². The normalized spacial score (nSPS) is 23.3. The third-order valence-electron chi connectivity index (χ3n) is 12.9. The van der Waals surface area contributed by atoms with E-state index in [4.69, 9.17) is 19.2 Å². The molecule has 2 aromatic carbocycles. The Morgan fingerprint density at radius 2 is 1.36 bits per heavy atom. The highest BCUT2D eigenvalue weighted by molar-refractivity contribution is 5.86. The molecule has 0 spiro atoms. The molecular formula is C44H54N8O7. The maximum atomic E-state index is 14.3. The molecule has 2 aliphatic carbocycles. The first-order chi connectivity index (χ1) is 28.6. The Morgan fingerprint density at radius 3 is 1.97 bits per heavy atom. The Bertz CT molecular complexity index is 2130. The fourth-order valence-corrected chi connectivity index (χ4v) is 9.80. The second-order valence-corrected chi connectivity index (χ2v) is 16.6. The van der Waals surface area contributed by atoms with E-state index in [1.807, 2.05) is 31.1 Å². The Balaban J connectivity index is 0.937. The standard InChI is InChI=1S/C44H54N8O7/c1-25(2)38(49-43(55)57-3)42(54)51-19-5-6-35(51)39-45-23-33(47-39)28-11-7-26(8-12-28)27-9-13-29(14-10-27)34-24-46-40(48-34)36-30-15-16-31(22-30)37(36)41(53)52(50-44(56)58-4)32-17-20-59-21-18-32/h7-14,23-25,30-32,35-38H,5-6,15-22H2,1-4H3,(H,45,47)(H,46,48)(H,49,55)(H,50,56)/t30?,31?,35-,36-,37-,38?/m0/s1. The number of alkyl carbamates (subject to hydrolysis) is 1. The molecule has 59 heavy (non-hydrogen) atoms. The summed E-state index contributed by atoms with van der Waals surface area (Å²) in [6.45, 7) is 5.48. The summed E-state index contributed by atoms with van der Waals surface area (Å²) in [7, 11) is 2.60. The Kier molecular flexibility index (Phi) is 11.7. The van der Waals surface area contributed by atoms with Gasteiger partial charge in [-0.15, -0.1) is 0 Å². The summed E-state index contributed by atoms with van der Waals surface area (Å²) in [6, 6.07) is 15.6. The van der Waals surface area contributed by atoms with Gasteiger partial charge in [0, 0.05) is 25.7 Å². The first-order valence-corrected chi connectivity index (χ1v) is 20.8. The zero-order valence-corrected chi connectivity index (χ0v) is 34.1. The van der Waals surface area contributed by atoms with Gasteiger partial charge in [0.15, 0.2) is 0 Å². The number of fused-ring (bicyclic) bond motifs is 2. The molecule has 4 N–H and O–H groups in total. The summed E-state index contributed by atoms with van der Waals surface area (Å²) < 4.78 is 15.2. The van der Waals surface area contributed by atoms with Gasteiger partial charge in [-0.05, 0) is 85.0 Å². The molecule has 312 valence electrons. The quantitative estimate of drug-likeness (QED) is 0.129. The van der Waals surface area contributed by atoms with E-state index in [-0.39, 0.29) is 47.6 Å². The SMILES string of the molecule is COC(=O)NC(C(=O)N1CCC[C@H]1c1ncc(-c2ccc(-c3ccc(-c4cnc([C@H]5C6CCC(C6)[C@@H]5C(=O)N(NC(=O)OC)C5CCOCC5)[nH]4)cc3)cc2)[nH]1)C(C)C. The maximum Gasteiger partial charge on any atom is 0.425 e. The molecule has 15 heteroatoms. The van der Waals surface area contributed by atoms with Crippen molar-refractivity contribution in [3.05, 3.63) is 72.6 Å². The van der Waals surface area contributed by atoms with Gasteiger partial charge < -0.3 is 34.4 Å². The number of nitrogens with zero attached hydrogens (tertiary/aromatic N) is 4. The molecule has 8 rings (SSSR count). The summed E-state index contributed by atoms with van der Waals surface area (Å²) in [6.07, 6.45) is 8.36. The van der Waals surface area contributed by atoms with Crippen LogP contribution in [0.15, 0.2) is 60.9 Å². The lowest BCUT2D eigenvalue weighted by Gasteiger charge is -2.38. The number of hydrogen-bond acceptors (Lipinski definition) is 9. The van der Waals surface area contributed by atoms with Crippen molar-refractivity contribution in [2.45, 2.75) is 82.8 Å². The van der Waals surface area contributed by atoms with Gasteiger partial charge in [-0.2, -0.15) is 0 Å². The van der Waals surface area contributed by atoms with Crippen LogP contribution in [0.2, 0.25) is 0 Å². The number of nitrogens with one attached hydrogen (secondary N) is 4. The van der Waals surface area contributed by atoms with Gasteiger partial charge in [0.05, 0.1) is 56.0 Å². The van der Waals surface area contributed by atoms with Crippen LogP contribution in [0.25, 0.3) is 33.6 Å². The molecule has 4 heterocycles. The van der Waals surface area contributed by atoms with E-state index in [9.17, 15) is 19.2 Å². The Labute approximate surface area is 344 Å². The molecule has 4 fully saturated rings. The van der Waals surface area contributed by atoms with Gasteiger partial charge in [0.2, 0.25) is 11.8 Å². The minimum atomic E-state index is -0.689. The number of ether oxygens (including phenoxy) is 3. The average molecular weight is 807 g/mol. The number of H-pyrrole nitrogens is 2. The number of likely N-dealkylation sites (tertiary alicyclic amines) is 1. The maximum absolute atomic E-state index is 14.3. The number of carbonyl (C=O) groups excluding carboxylic acids is 4. The summed E-state index contributed by atoms with van der Waals surface area (Å²) >= 11 is 0. The monoisotopic (exact) mass is 806 g/mol. The van der Waals surface area contributed by atoms with E-state index >= 15 is 0 Å². The van der Waals surface area contributed by atoms with E-state index in [2.05, 4.69) is 74.2 Å². The number of amides is 4. The van der Waals surface area contributed by atoms with Gasteiger partial charge in [-0.1, -0.05) is 62.4 Å². The molecule has 4 aliphatic rings. The van der Waals surface area contributed by atoms with Crippen molar-refractivity contribution in [3.63, 3.8) is 0 Å². The molecule has 4 aromatic rings. The molecule has 0 radical (unpaired) electrons. The van der Waals surface area contributed by atoms with Gasteiger partial charge in [-0.25, -0.2) is 30.0 Å². The van der Waals surface area contributed by atoms with Crippen LogP contribution in [0, 0.1) is 23.7 Å². The van der Waals surface area contributed by atoms with Crippen LogP contribution in [0.4, 0.5) is 9.59 Å². The summed E-state index contributed by atoms with van der Waals surface area (Å²) in [5.41, 5.74) is 8.60. The van der Waals surface area contributed by atoms with Crippen LogP contribution in [0.3, 0.4) is 0 Å². The van der Waals surface area contributed by atoms with E-state index in [1.165, 1.54) is 19.2 Å². The van der Waals surface area contributed by atoms with E-state index in [0.717, 1.165) is 77.4 Å². The summed E-state index contributed by atoms with van der Waals surface area (Å²) in [5, 5.41) is 4.23. The fraction of sp³-hybridized carbons (Fsp3) is 0.500. The Hall–Kier alpha value is -5.70. The van der Waals surface area contributed by atoms with Crippen LogP contribution in [-0.4, -0.2) is 99.9 Å². The van der Waals surface area contributed by atoms with Crippen LogP contribution in [0.1, 0.15) is 82.4 Å². The van der Waals surface area contributed by atoms with Crippen molar-refractivity contribution in [2.24, 2.45) is 23.7 Å². The average Bonchev–Trinajstić information content (AvgIpc) is 4.13. The first-order valence-electron chi connectivity index (χ1n) is 20.8. The van der Waals surface area contributed by atoms with E-state index < -0.39 is 18.2 Å². The van der Waals surface area contributed by atoms with Crippen molar-refractivity contribution in [1.29, 1.82) is 0 Å². The molecule has 2 saturated heterocycles. The van der Waals surface area contributed by atoms with Crippen molar-refractivity contribution >= 4 is 24.0 Å². The van der Waals surface area contributed by atoms with Crippen molar-refractivity contribution in [1.82, 2.24) is 40.6 Å². The van der Waals surface area contributed by atoms with Crippen LogP contribution >= 0.6 is 0 Å². The number of methoxy groups -OCH3 is 2. The summed E-state index contributed by atoms with van der Waals surface area (Å²) in [5.74, 6) is 1.47. The highest BCUT2D eigenvalue weighted by Crippen LogP contribution is 2.57. The highest BCUT2D eigenvalue weighted by Gasteiger charge is 2.54. The molecule has 6 atom stereocenters. The largest absolute Gasteiger partial charge is 0.453 e. The number of benzene rings is 2. The Morgan fingerprint density at radius 1 is 0.780 bits per heavy atom. The van der Waals surface area contributed by atoms with E-state index in [0.29, 0.717) is 38.5 Å². The third-order valence-corrected chi connectivity index (χ3v) is 12.9. The van der Waals surface area contributed by atoms with Crippen LogP contribution in [-0.2, 0) is 23.8 Å². The van der Waals surface area contributed by atoms with Gasteiger partial charge >= 0.3 is 12.2 Å². The predicted molar refractivity (Wildman–Crippen MR) is 218 cm³/mol. The number of aromatic amines is 2. The molecule has 3 unspecified atom stereocenters. The molecule has 2 bridgehead atoms. The molecule has 2 aromatic heterocycles. The topological polar surface area (TPSA) is 184 Å². The number of imidazole rings is 2. The highest BCUT2D eigenvalue weighted by atomic mass is 16.5. The molecule has 2 aliphatic heterocycles. The number of carbonyl (C=O) groups is 4. The summed E-state index contributed by atoms with van der Waals surface area (Å²) in [4.78, 5) is 70.6. The predicted octanol–water partition coefficient (Wildman–Crippen LogP) is 6.59. The van der Waals surface area contributed by atoms with Crippen molar-refractivity contribution in [3.8, 4) is 33.6 Å². The third kappa shape index (κ3) is 8.17. The minimum Gasteiger partial charge on any atom is -0.453 e. The number of hydrazine groups is 1. The first kappa shape index (κ1) is 40.1. The minimum absolute atomic E-state index is 0.0623. The zero-order chi connectivity index (χ0) is 41.2. The number of hydrogen-bond donors (Lipinski definition) is 4. The lowest BCUT2D eigenvalue weighted by atomic mass is 9.78. The lowest BCUT2D eigenvalue weighted by Crippen LogP contribution is -2.56. The van der Waals surface area contributed by atoms with E-state index in [1.54, 1.807) is 0 Å². The molecular weight excluding hydrogens is 753 g/mol. The molecule has 4 amide bonds. The van der Waals surface area contributed by atoms with Gasteiger partial charge in [0.1, 0.15) is 17.7 Å². The zero-order valence-electron chi connectivity index (χ0n) is 34.1. The second-order valence-electron chi connectivity index (χ2n) is 16.6. The smallest absolute Gasteiger partial charge is 0.425 e. The van der Waals surface area contributed by atoms with Crippen molar-refractivity contribution < 1.29 is 33.4 Å². The fourth-order valence-electron chi connectivity index (χ4n) is 9.80. The lowest BCUT2D eigenvalue weighted by molar-refractivity contribution is -0.146. The molecule has 15 nitrogen and oxygen atoms in total. The van der Waals surface area contributed by atoms with Crippen LogP contribution < -0.4 is 10.7 Å². The second kappa shape index (κ2) is 17.3. The number of aromatic nitrogens is 4. The number of rotatable bonds is 10. The van der Waals surface area contributed by atoms with Crippen LogP contribution in [0.5, 0.6) is 0 Å². The molecule has 2 saturated carbocycles.